The van der Waals surface area contributed by atoms with E-state index in [4.69, 9.17) is 9.90 Å². The average molecular weight is 279 g/mol. The van der Waals surface area contributed by atoms with Crippen LogP contribution in [0.5, 0.6) is 0 Å². The summed E-state index contributed by atoms with van der Waals surface area (Å²) in [6, 6.07) is 6.50. The van der Waals surface area contributed by atoms with Crippen molar-refractivity contribution in [3.8, 4) is 10.6 Å². The van der Waals surface area contributed by atoms with Crippen LogP contribution in [0.2, 0.25) is 0 Å². The highest BCUT2D eigenvalue weighted by molar-refractivity contribution is 7.13. The van der Waals surface area contributed by atoms with Crippen LogP contribution in [0.15, 0.2) is 23.6 Å². The van der Waals surface area contributed by atoms with Crippen molar-refractivity contribution >= 4 is 17.3 Å². The van der Waals surface area contributed by atoms with Crippen LogP contribution in [0.1, 0.15) is 31.2 Å². The van der Waals surface area contributed by atoms with E-state index in [9.17, 15) is 0 Å². The van der Waals surface area contributed by atoms with Crippen LogP contribution in [0.25, 0.3) is 10.6 Å². The number of aromatic nitrogens is 1. The number of carboxylic acid groups (broad SMARTS) is 1. The van der Waals surface area contributed by atoms with Crippen molar-refractivity contribution in [1.82, 2.24) is 4.98 Å². The molecule has 2 aromatic rings. The van der Waals surface area contributed by atoms with E-state index in [0.717, 1.165) is 17.6 Å². The van der Waals surface area contributed by atoms with Gasteiger partial charge in [0.05, 0.1) is 0 Å². The van der Waals surface area contributed by atoms with Crippen LogP contribution in [-0.2, 0) is 4.79 Å². The molecular weight excluding hydrogens is 258 g/mol. The van der Waals surface area contributed by atoms with Gasteiger partial charge in [0.15, 0.2) is 0 Å². The Balaban J connectivity index is 0.000000576. The smallest absolute Gasteiger partial charge is 0.300 e. The molecule has 0 spiro atoms. The summed E-state index contributed by atoms with van der Waals surface area (Å²) in [5.41, 5.74) is 4.99. The lowest BCUT2D eigenvalue weighted by Gasteiger charge is -2.01. The van der Waals surface area contributed by atoms with Crippen LogP contribution >= 0.6 is 11.3 Å². The van der Waals surface area contributed by atoms with E-state index in [2.05, 4.69) is 42.4 Å². The van der Waals surface area contributed by atoms with Gasteiger partial charge in [-0.1, -0.05) is 19.6 Å². The molecule has 1 aromatic carbocycles. The van der Waals surface area contributed by atoms with E-state index in [0.29, 0.717) is 0 Å². The normalized spacial score (nSPS) is 9.05. The zero-order valence-electron chi connectivity index (χ0n) is 11.0. The van der Waals surface area contributed by atoms with Crippen molar-refractivity contribution in [2.45, 2.75) is 35.1 Å². The van der Waals surface area contributed by atoms with Crippen molar-refractivity contribution in [2.24, 2.45) is 0 Å². The van der Waals surface area contributed by atoms with Gasteiger partial charge in [-0.15, -0.1) is 11.3 Å². The molecule has 4 heteroatoms. The molecule has 1 heterocycles. The first-order chi connectivity index (χ1) is 8.40. The predicted octanol–water partition coefficient (Wildman–Crippen LogP) is 4.46. The van der Waals surface area contributed by atoms with Crippen molar-refractivity contribution < 1.29 is 9.90 Å². The maximum Gasteiger partial charge on any atom is 0.300 e. The topological polar surface area (TPSA) is 50.2 Å². The van der Waals surface area contributed by atoms with Crippen molar-refractivity contribution in [2.75, 3.05) is 0 Å². The molecule has 0 bridgehead atoms. The van der Waals surface area contributed by atoms with Crippen LogP contribution in [0.4, 0.5) is 0 Å². The summed E-state index contributed by atoms with van der Waals surface area (Å²) in [4.78, 5) is 13.5. The number of rotatable bonds is 1. The first-order valence-corrected chi connectivity index (χ1v) is 6.47. The Labute approximate surface area is 119 Å². The van der Waals surface area contributed by atoms with Gasteiger partial charge in [-0.05, 0) is 38.0 Å². The number of aliphatic carboxylic acids is 1. The van der Waals surface area contributed by atoms with Gasteiger partial charge in [-0.25, -0.2) is 4.98 Å². The Morgan fingerprint density at radius 3 is 2.21 bits per heavy atom. The summed E-state index contributed by atoms with van der Waals surface area (Å²) in [7, 11) is 0. The van der Waals surface area contributed by atoms with E-state index in [1.165, 1.54) is 16.7 Å². The Bertz CT molecular complexity index is 543. The standard InChI is InChI=1S/C12H13NS.C2H4O2.CH4/c1-8-4-5-11(6-9(8)2)12-13-10(3)7-14-12;1-2(3)4;/h4-7H,1-3H3;1H3,(H,3,4);1H4. The van der Waals surface area contributed by atoms with E-state index < -0.39 is 5.97 Å². The second kappa shape index (κ2) is 7.69. The lowest BCUT2D eigenvalue weighted by molar-refractivity contribution is -0.134. The fourth-order valence-corrected chi connectivity index (χ4v) is 2.16. The number of carboxylic acids is 1. The van der Waals surface area contributed by atoms with E-state index in [1.807, 2.05) is 6.92 Å². The lowest BCUT2D eigenvalue weighted by Crippen LogP contribution is -1.82. The second-order valence-electron chi connectivity index (χ2n) is 4.11. The molecule has 3 nitrogen and oxygen atoms in total. The summed E-state index contributed by atoms with van der Waals surface area (Å²) in [5, 5.41) is 10.6. The van der Waals surface area contributed by atoms with E-state index in [-0.39, 0.29) is 7.43 Å². The molecule has 0 radical (unpaired) electrons. The number of aryl methyl sites for hydroxylation is 3. The third kappa shape index (κ3) is 5.66. The number of hydrogen-bond acceptors (Lipinski definition) is 3. The highest BCUT2D eigenvalue weighted by Crippen LogP contribution is 2.25. The molecule has 0 fully saturated rings. The minimum Gasteiger partial charge on any atom is -0.481 e. The lowest BCUT2D eigenvalue weighted by atomic mass is 10.1. The van der Waals surface area contributed by atoms with Crippen LogP contribution < -0.4 is 0 Å². The molecule has 0 unspecified atom stereocenters. The minimum absolute atomic E-state index is 0. The molecule has 104 valence electrons. The van der Waals surface area contributed by atoms with Gasteiger partial charge in [0, 0.05) is 23.6 Å². The van der Waals surface area contributed by atoms with Gasteiger partial charge in [0.25, 0.3) is 5.97 Å². The Morgan fingerprint density at radius 2 is 1.79 bits per heavy atom. The maximum absolute atomic E-state index is 9.00. The van der Waals surface area contributed by atoms with Crippen LogP contribution in [0.3, 0.4) is 0 Å². The van der Waals surface area contributed by atoms with Gasteiger partial charge >= 0.3 is 0 Å². The SMILES string of the molecule is C.CC(=O)O.Cc1csc(-c2ccc(C)c(C)c2)n1. The maximum atomic E-state index is 9.00. The van der Waals surface area contributed by atoms with Gasteiger partial charge < -0.3 is 5.11 Å². The van der Waals surface area contributed by atoms with Gasteiger partial charge in [0.2, 0.25) is 0 Å². The van der Waals surface area contributed by atoms with Crippen LogP contribution in [-0.4, -0.2) is 16.1 Å². The molecule has 0 atom stereocenters. The van der Waals surface area contributed by atoms with Crippen molar-refractivity contribution in [3.05, 3.63) is 40.4 Å². The number of nitrogens with zero attached hydrogens (tertiary/aromatic N) is 1. The highest BCUT2D eigenvalue weighted by Gasteiger charge is 2.03. The van der Waals surface area contributed by atoms with Crippen LogP contribution in [0, 0.1) is 20.8 Å². The monoisotopic (exact) mass is 279 g/mol. The summed E-state index contributed by atoms with van der Waals surface area (Å²) in [6.45, 7) is 7.38. The molecule has 0 saturated carbocycles. The molecular formula is C15H21NO2S. The largest absolute Gasteiger partial charge is 0.481 e. The molecule has 0 aliphatic rings. The first kappa shape index (κ1) is 17.3. The average Bonchev–Trinajstić information content (AvgIpc) is 2.68. The predicted molar refractivity (Wildman–Crippen MR) is 81.8 cm³/mol. The summed E-state index contributed by atoms with van der Waals surface area (Å²) >= 11 is 1.71. The van der Waals surface area contributed by atoms with Gasteiger partial charge in [0.1, 0.15) is 5.01 Å². The zero-order chi connectivity index (χ0) is 13.7. The highest BCUT2D eigenvalue weighted by atomic mass is 32.1. The Kier molecular flexibility index (Phi) is 7.01. The molecule has 0 amide bonds. The van der Waals surface area contributed by atoms with Crippen molar-refractivity contribution in [1.29, 1.82) is 0 Å². The molecule has 1 aromatic heterocycles. The second-order valence-corrected chi connectivity index (χ2v) is 4.97. The third-order valence-corrected chi connectivity index (χ3v) is 3.38. The number of carbonyl (C=O) groups is 1. The first-order valence-electron chi connectivity index (χ1n) is 5.59. The molecule has 2 rings (SSSR count). The number of hydrogen-bond donors (Lipinski definition) is 1. The molecule has 0 aliphatic carbocycles. The molecule has 0 saturated heterocycles. The number of thiazole rings is 1. The minimum atomic E-state index is -0.833. The Hall–Kier alpha value is -1.68. The summed E-state index contributed by atoms with van der Waals surface area (Å²) < 4.78 is 0. The summed E-state index contributed by atoms with van der Waals surface area (Å²) in [6.07, 6.45) is 0. The molecule has 1 N–H and O–H groups in total. The van der Waals surface area contributed by atoms with Crippen molar-refractivity contribution in [3.63, 3.8) is 0 Å². The fraction of sp³-hybridized carbons (Fsp3) is 0.333. The number of benzene rings is 1. The van der Waals surface area contributed by atoms with Gasteiger partial charge in [-0.2, -0.15) is 0 Å². The quantitative estimate of drug-likeness (QED) is 0.838. The molecule has 0 aliphatic heterocycles. The third-order valence-electron chi connectivity index (χ3n) is 2.37. The fourth-order valence-electron chi connectivity index (χ4n) is 1.36. The summed E-state index contributed by atoms with van der Waals surface area (Å²) in [5.74, 6) is -0.833. The Morgan fingerprint density at radius 1 is 1.21 bits per heavy atom. The van der Waals surface area contributed by atoms with E-state index in [1.54, 1.807) is 11.3 Å². The molecule has 19 heavy (non-hydrogen) atoms. The van der Waals surface area contributed by atoms with E-state index >= 15 is 0 Å². The zero-order valence-corrected chi connectivity index (χ0v) is 11.8. The van der Waals surface area contributed by atoms with Gasteiger partial charge in [-0.3, -0.25) is 4.79 Å².